The van der Waals surface area contributed by atoms with Crippen LogP contribution in [0.3, 0.4) is 0 Å². The van der Waals surface area contributed by atoms with Gasteiger partial charge in [-0.15, -0.1) is 22.7 Å². The zero-order valence-electron chi connectivity index (χ0n) is 14.0. The summed E-state index contributed by atoms with van der Waals surface area (Å²) in [7, 11) is 0. The third kappa shape index (κ3) is 5.86. The summed E-state index contributed by atoms with van der Waals surface area (Å²) in [6, 6.07) is 7.89. The molecule has 3 aromatic rings. The van der Waals surface area contributed by atoms with E-state index < -0.39 is 0 Å². The second kappa shape index (κ2) is 9.75. The minimum atomic E-state index is -0.0531. The maximum absolute atomic E-state index is 11.8. The van der Waals surface area contributed by atoms with Crippen molar-refractivity contribution in [1.82, 2.24) is 15.3 Å². The van der Waals surface area contributed by atoms with Crippen molar-refractivity contribution >= 4 is 50.6 Å². The number of aromatic nitrogens is 2. The van der Waals surface area contributed by atoms with Crippen LogP contribution in [0.15, 0.2) is 51.9 Å². The van der Waals surface area contributed by atoms with Crippen molar-refractivity contribution in [3.8, 4) is 11.3 Å². The molecule has 7 heteroatoms. The first-order valence-corrected chi connectivity index (χ1v) is 10.8. The SMILES string of the molecule is O=C(/C=C/c1ccc(Br)s1)NCCCCc1nc(-c2cccnc2)cs1. The molecule has 0 atom stereocenters. The molecule has 0 spiro atoms. The molecule has 0 aromatic carbocycles. The predicted octanol–water partition coefficient (Wildman–Crippen LogP) is 5.18. The van der Waals surface area contributed by atoms with E-state index >= 15 is 0 Å². The van der Waals surface area contributed by atoms with Gasteiger partial charge in [-0.25, -0.2) is 4.98 Å². The van der Waals surface area contributed by atoms with Gasteiger partial charge in [-0.3, -0.25) is 9.78 Å². The third-order valence-electron chi connectivity index (χ3n) is 3.62. The normalized spacial score (nSPS) is 11.1. The molecule has 0 saturated heterocycles. The molecule has 134 valence electrons. The number of pyridine rings is 1. The van der Waals surface area contributed by atoms with E-state index in [2.05, 4.69) is 36.6 Å². The van der Waals surface area contributed by atoms with Crippen molar-refractivity contribution in [2.45, 2.75) is 19.3 Å². The summed E-state index contributed by atoms with van der Waals surface area (Å²) < 4.78 is 1.06. The van der Waals surface area contributed by atoms with Crippen LogP contribution in [0.5, 0.6) is 0 Å². The number of halogens is 1. The number of nitrogens with zero attached hydrogens (tertiary/aromatic N) is 2. The lowest BCUT2D eigenvalue weighted by Crippen LogP contribution is -2.22. The first kappa shape index (κ1) is 18.9. The molecule has 3 aromatic heterocycles. The quantitative estimate of drug-likeness (QED) is 0.382. The van der Waals surface area contributed by atoms with Gasteiger partial charge in [-0.2, -0.15) is 0 Å². The summed E-state index contributed by atoms with van der Waals surface area (Å²) in [4.78, 5) is 21.6. The second-order valence-corrected chi connectivity index (χ2v) is 9.03. The van der Waals surface area contributed by atoms with Crippen LogP contribution in [-0.4, -0.2) is 22.4 Å². The molecule has 26 heavy (non-hydrogen) atoms. The van der Waals surface area contributed by atoms with Gasteiger partial charge in [-0.1, -0.05) is 0 Å². The molecule has 0 saturated carbocycles. The highest BCUT2D eigenvalue weighted by atomic mass is 79.9. The fraction of sp³-hybridized carbons (Fsp3) is 0.211. The number of nitrogens with one attached hydrogen (secondary N) is 1. The Hall–Kier alpha value is -1.83. The van der Waals surface area contributed by atoms with Gasteiger partial charge in [0, 0.05) is 40.8 Å². The van der Waals surface area contributed by atoms with E-state index in [-0.39, 0.29) is 5.91 Å². The van der Waals surface area contributed by atoms with Crippen LogP contribution in [0, 0.1) is 0 Å². The Morgan fingerprint density at radius 2 is 2.19 bits per heavy atom. The highest BCUT2D eigenvalue weighted by Gasteiger charge is 2.04. The van der Waals surface area contributed by atoms with Crippen LogP contribution in [0.2, 0.25) is 0 Å². The first-order valence-electron chi connectivity index (χ1n) is 8.27. The van der Waals surface area contributed by atoms with Gasteiger partial charge in [0.1, 0.15) is 0 Å². The van der Waals surface area contributed by atoms with Gasteiger partial charge in [0.25, 0.3) is 0 Å². The van der Waals surface area contributed by atoms with Gasteiger partial charge in [0.15, 0.2) is 0 Å². The molecule has 0 fully saturated rings. The zero-order valence-corrected chi connectivity index (χ0v) is 17.2. The summed E-state index contributed by atoms with van der Waals surface area (Å²) in [5.41, 5.74) is 2.03. The van der Waals surface area contributed by atoms with E-state index in [1.165, 1.54) is 0 Å². The third-order valence-corrected chi connectivity index (χ3v) is 6.12. The summed E-state index contributed by atoms with van der Waals surface area (Å²) in [5, 5.41) is 6.11. The van der Waals surface area contributed by atoms with Crippen molar-refractivity contribution in [2.75, 3.05) is 6.54 Å². The highest BCUT2D eigenvalue weighted by Crippen LogP contribution is 2.23. The van der Waals surface area contributed by atoms with Crippen molar-refractivity contribution in [3.63, 3.8) is 0 Å². The lowest BCUT2D eigenvalue weighted by molar-refractivity contribution is -0.116. The van der Waals surface area contributed by atoms with Crippen molar-refractivity contribution in [2.24, 2.45) is 0 Å². The number of thiophene rings is 1. The van der Waals surface area contributed by atoms with Gasteiger partial charge < -0.3 is 5.32 Å². The molecule has 4 nitrogen and oxygen atoms in total. The van der Waals surface area contributed by atoms with Crippen LogP contribution in [0.25, 0.3) is 17.3 Å². The van der Waals surface area contributed by atoms with Crippen LogP contribution < -0.4 is 5.32 Å². The predicted molar refractivity (Wildman–Crippen MR) is 112 cm³/mol. The average molecular weight is 448 g/mol. The number of amides is 1. The summed E-state index contributed by atoms with van der Waals surface area (Å²) in [5.74, 6) is -0.0531. The molecule has 0 aliphatic rings. The Morgan fingerprint density at radius 1 is 1.27 bits per heavy atom. The smallest absolute Gasteiger partial charge is 0.244 e. The molecule has 0 bridgehead atoms. The molecule has 3 heterocycles. The molecule has 3 rings (SSSR count). The lowest BCUT2D eigenvalue weighted by atomic mass is 10.2. The van der Waals surface area contributed by atoms with E-state index in [4.69, 9.17) is 0 Å². The average Bonchev–Trinajstić information content (AvgIpc) is 3.29. The second-order valence-electron chi connectivity index (χ2n) is 5.59. The molecule has 0 aliphatic carbocycles. The van der Waals surface area contributed by atoms with Crippen molar-refractivity contribution < 1.29 is 4.79 Å². The number of hydrogen-bond acceptors (Lipinski definition) is 5. The Balaban J connectivity index is 1.35. The van der Waals surface area contributed by atoms with Gasteiger partial charge in [-0.05, 0) is 65.5 Å². The minimum absolute atomic E-state index is 0.0531. The number of aryl methyl sites for hydroxylation is 1. The molecule has 0 aliphatic heterocycles. The molecule has 1 N–H and O–H groups in total. The number of carbonyl (C=O) groups is 1. The maximum Gasteiger partial charge on any atom is 0.244 e. The van der Waals surface area contributed by atoms with E-state index in [0.717, 1.165) is 44.2 Å². The Labute approximate surface area is 169 Å². The van der Waals surface area contributed by atoms with Crippen molar-refractivity contribution in [3.05, 3.63) is 61.8 Å². The molecule has 0 unspecified atom stereocenters. The standard InChI is InChI=1S/C19H18BrN3OS2/c20-17-8-6-15(26-17)7-9-18(24)22-11-2-1-5-19-23-16(13-25-19)14-4-3-10-21-12-14/h3-4,6-10,12-13H,1-2,5,11H2,(H,22,24)/b9-7+. The minimum Gasteiger partial charge on any atom is -0.353 e. The van der Waals surface area contributed by atoms with Crippen LogP contribution >= 0.6 is 38.6 Å². The monoisotopic (exact) mass is 447 g/mol. The van der Waals surface area contributed by atoms with Gasteiger partial charge in [0.05, 0.1) is 14.5 Å². The molecular weight excluding hydrogens is 430 g/mol. The largest absolute Gasteiger partial charge is 0.353 e. The summed E-state index contributed by atoms with van der Waals surface area (Å²) in [6.07, 6.45) is 9.88. The Bertz CT molecular complexity index is 874. The molecule has 1 amide bonds. The van der Waals surface area contributed by atoms with E-state index in [0.29, 0.717) is 6.54 Å². The molecular formula is C19H18BrN3OS2. The van der Waals surface area contributed by atoms with E-state index in [9.17, 15) is 4.79 Å². The topological polar surface area (TPSA) is 54.9 Å². The lowest BCUT2D eigenvalue weighted by Gasteiger charge is -2.01. The first-order chi connectivity index (χ1) is 12.7. The molecule has 0 radical (unpaired) electrons. The number of unbranched alkanes of at least 4 members (excludes halogenated alkanes) is 1. The number of carbonyl (C=O) groups excluding carboxylic acids is 1. The Kier molecular flexibility index (Phi) is 7.11. The summed E-state index contributed by atoms with van der Waals surface area (Å²) in [6.45, 7) is 0.679. The Morgan fingerprint density at radius 3 is 2.96 bits per heavy atom. The van der Waals surface area contributed by atoms with E-state index in [1.54, 1.807) is 34.9 Å². The van der Waals surface area contributed by atoms with Crippen LogP contribution in [0.1, 0.15) is 22.7 Å². The number of hydrogen-bond donors (Lipinski definition) is 1. The summed E-state index contributed by atoms with van der Waals surface area (Å²) >= 11 is 6.69. The van der Waals surface area contributed by atoms with Crippen LogP contribution in [-0.2, 0) is 11.2 Å². The fourth-order valence-corrected chi connectivity index (χ4v) is 4.50. The number of thiazole rings is 1. The highest BCUT2D eigenvalue weighted by molar-refractivity contribution is 9.11. The fourth-order valence-electron chi connectivity index (χ4n) is 2.32. The van der Waals surface area contributed by atoms with Crippen molar-refractivity contribution in [1.29, 1.82) is 0 Å². The van der Waals surface area contributed by atoms with Gasteiger partial charge in [0.2, 0.25) is 5.91 Å². The van der Waals surface area contributed by atoms with E-state index in [1.807, 2.05) is 36.5 Å². The number of rotatable bonds is 8. The zero-order chi connectivity index (χ0) is 18.2. The van der Waals surface area contributed by atoms with Gasteiger partial charge >= 0.3 is 0 Å². The maximum atomic E-state index is 11.8. The van der Waals surface area contributed by atoms with Crippen LogP contribution in [0.4, 0.5) is 0 Å².